The number of carbonyl (C=O) groups is 2. The number of phenolic OH excluding ortho intramolecular Hbond substituents is 1. The molecule has 1 aromatic rings. The van der Waals surface area contributed by atoms with Gasteiger partial charge in [-0.2, -0.15) is 0 Å². The van der Waals surface area contributed by atoms with E-state index in [-0.39, 0.29) is 11.7 Å². The maximum atomic E-state index is 11.7. The molecule has 96 valence electrons. The number of benzene rings is 1. The Bertz CT molecular complexity index is 466. The lowest BCUT2D eigenvalue weighted by atomic mass is 9.99. The molecule has 0 radical (unpaired) electrons. The molecule has 2 rings (SSSR count). The highest BCUT2D eigenvalue weighted by Gasteiger charge is 2.35. The standard InChI is InChI=1S/C13H15NO4/c15-11-4-2-1-3-9(11)5-6-12(16)14-7-10(8-14)13(17)18/h1-4,10,15H,5-8H2,(H,17,18). The van der Waals surface area contributed by atoms with Gasteiger partial charge in [0.05, 0.1) is 5.92 Å². The Labute approximate surface area is 105 Å². The van der Waals surface area contributed by atoms with Gasteiger partial charge in [-0.05, 0) is 18.1 Å². The minimum atomic E-state index is -0.847. The van der Waals surface area contributed by atoms with Gasteiger partial charge in [-0.25, -0.2) is 0 Å². The Morgan fingerprint density at radius 2 is 1.94 bits per heavy atom. The van der Waals surface area contributed by atoms with Crippen LogP contribution in [0.3, 0.4) is 0 Å². The number of para-hydroxylation sites is 1. The highest BCUT2D eigenvalue weighted by atomic mass is 16.4. The van der Waals surface area contributed by atoms with Gasteiger partial charge in [-0.15, -0.1) is 0 Å². The topological polar surface area (TPSA) is 77.8 Å². The fraction of sp³-hybridized carbons (Fsp3) is 0.385. The van der Waals surface area contributed by atoms with Crippen LogP contribution in [0.25, 0.3) is 0 Å². The van der Waals surface area contributed by atoms with Gasteiger partial charge >= 0.3 is 5.97 Å². The van der Waals surface area contributed by atoms with Crippen molar-refractivity contribution in [2.75, 3.05) is 13.1 Å². The first kappa shape index (κ1) is 12.4. The van der Waals surface area contributed by atoms with Crippen LogP contribution in [-0.2, 0) is 16.0 Å². The monoisotopic (exact) mass is 249 g/mol. The molecule has 1 aromatic carbocycles. The summed E-state index contributed by atoms with van der Waals surface area (Å²) < 4.78 is 0. The molecular weight excluding hydrogens is 234 g/mol. The van der Waals surface area contributed by atoms with Crippen LogP contribution in [0, 0.1) is 5.92 Å². The van der Waals surface area contributed by atoms with Crippen LogP contribution in [0.2, 0.25) is 0 Å². The molecule has 18 heavy (non-hydrogen) atoms. The number of rotatable bonds is 4. The molecule has 0 bridgehead atoms. The van der Waals surface area contributed by atoms with Crippen LogP contribution >= 0.6 is 0 Å². The Balaban J connectivity index is 1.80. The predicted octanol–water partition coefficient (Wildman–Crippen LogP) is 0.868. The first-order valence-electron chi connectivity index (χ1n) is 5.85. The molecule has 0 aliphatic carbocycles. The number of carboxylic acids is 1. The minimum Gasteiger partial charge on any atom is -0.508 e. The summed E-state index contributed by atoms with van der Waals surface area (Å²) in [5, 5.41) is 18.3. The van der Waals surface area contributed by atoms with Gasteiger partial charge in [-0.3, -0.25) is 9.59 Å². The predicted molar refractivity (Wildman–Crippen MR) is 64.1 cm³/mol. The number of phenols is 1. The van der Waals surface area contributed by atoms with E-state index in [2.05, 4.69) is 0 Å². The minimum absolute atomic E-state index is 0.0595. The van der Waals surface area contributed by atoms with E-state index in [0.717, 1.165) is 5.56 Å². The highest BCUT2D eigenvalue weighted by molar-refractivity contribution is 5.81. The lowest BCUT2D eigenvalue weighted by molar-refractivity contribution is -0.152. The van der Waals surface area contributed by atoms with Crippen LogP contribution < -0.4 is 0 Å². The molecule has 1 saturated heterocycles. The van der Waals surface area contributed by atoms with Crippen LogP contribution in [0.5, 0.6) is 5.75 Å². The SMILES string of the molecule is O=C(O)C1CN(C(=O)CCc2ccccc2O)C1. The Morgan fingerprint density at radius 1 is 1.28 bits per heavy atom. The van der Waals surface area contributed by atoms with Crippen molar-refractivity contribution >= 4 is 11.9 Å². The molecule has 0 aromatic heterocycles. The fourth-order valence-corrected chi connectivity index (χ4v) is 1.96. The van der Waals surface area contributed by atoms with Gasteiger partial charge in [0.25, 0.3) is 0 Å². The van der Waals surface area contributed by atoms with Crippen LogP contribution in [0.1, 0.15) is 12.0 Å². The smallest absolute Gasteiger partial charge is 0.310 e. The number of carbonyl (C=O) groups excluding carboxylic acids is 1. The quantitative estimate of drug-likeness (QED) is 0.830. The summed E-state index contributed by atoms with van der Waals surface area (Å²) in [6.07, 6.45) is 0.768. The van der Waals surface area contributed by atoms with Crippen molar-refractivity contribution in [1.29, 1.82) is 0 Å². The Hall–Kier alpha value is -2.04. The van der Waals surface area contributed by atoms with E-state index < -0.39 is 11.9 Å². The van der Waals surface area contributed by atoms with E-state index in [1.807, 2.05) is 6.07 Å². The van der Waals surface area contributed by atoms with Gasteiger partial charge in [0.2, 0.25) is 5.91 Å². The maximum absolute atomic E-state index is 11.7. The Morgan fingerprint density at radius 3 is 2.56 bits per heavy atom. The van der Waals surface area contributed by atoms with Crippen LogP contribution in [0.15, 0.2) is 24.3 Å². The second-order valence-corrected chi connectivity index (χ2v) is 4.46. The number of hydrogen-bond donors (Lipinski definition) is 2. The van der Waals surface area contributed by atoms with Crippen molar-refractivity contribution in [3.8, 4) is 5.75 Å². The van der Waals surface area contributed by atoms with Crippen molar-refractivity contribution < 1.29 is 19.8 Å². The third-order valence-electron chi connectivity index (χ3n) is 3.18. The summed E-state index contributed by atoms with van der Waals surface area (Å²) in [6, 6.07) is 6.90. The second kappa shape index (κ2) is 5.08. The largest absolute Gasteiger partial charge is 0.508 e. The number of hydrogen-bond acceptors (Lipinski definition) is 3. The lowest BCUT2D eigenvalue weighted by Crippen LogP contribution is -2.53. The average Bonchev–Trinajstić information content (AvgIpc) is 2.25. The van der Waals surface area contributed by atoms with Gasteiger partial charge in [-0.1, -0.05) is 18.2 Å². The Kier molecular flexibility index (Phi) is 3.50. The second-order valence-electron chi connectivity index (χ2n) is 4.46. The lowest BCUT2D eigenvalue weighted by Gasteiger charge is -2.36. The zero-order chi connectivity index (χ0) is 13.1. The zero-order valence-corrected chi connectivity index (χ0v) is 9.87. The molecule has 1 fully saturated rings. The van der Waals surface area contributed by atoms with E-state index in [1.54, 1.807) is 23.1 Å². The molecule has 2 N–H and O–H groups in total. The zero-order valence-electron chi connectivity index (χ0n) is 9.87. The van der Waals surface area contributed by atoms with Crippen LogP contribution in [0.4, 0.5) is 0 Å². The maximum Gasteiger partial charge on any atom is 0.310 e. The average molecular weight is 249 g/mol. The fourth-order valence-electron chi connectivity index (χ4n) is 1.96. The van der Waals surface area contributed by atoms with Crippen molar-refractivity contribution in [2.45, 2.75) is 12.8 Å². The molecule has 0 unspecified atom stereocenters. The van der Waals surface area contributed by atoms with Gasteiger partial charge in [0, 0.05) is 19.5 Å². The third-order valence-corrected chi connectivity index (χ3v) is 3.18. The van der Waals surface area contributed by atoms with Gasteiger partial charge < -0.3 is 15.1 Å². The van der Waals surface area contributed by atoms with E-state index in [9.17, 15) is 14.7 Å². The van der Waals surface area contributed by atoms with Crippen molar-refractivity contribution in [2.24, 2.45) is 5.92 Å². The summed E-state index contributed by atoms with van der Waals surface area (Å²) in [5.41, 5.74) is 0.737. The summed E-state index contributed by atoms with van der Waals surface area (Å²) in [7, 11) is 0. The molecule has 0 spiro atoms. The summed E-state index contributed by atoms with van der Waals surface area (Å²) in [5.74, 6) is -1.13. The number of aliphatic carboxylic acids is 1. The molecule has 5 nitrogen and oxygen atoms in total. The molecule has 1 aliphatic heterocycles. The molecule has 1 heterocycles. The molecular formula is C13H15NO4. The normalized spacial score (nSPS) is 15.2. The van der Waals surface area contributed by atoms with E-state index in [0.29, 0.717) is 25.9 Å². The summed E-state index contributed by atoms with van der Waals surface area (Å²) in [6.45, 7) is 0.601. The highest BCUT2D eigenvalue weighted by Crippen LogP contribution is 2.20. The van der Waals surface area contributed by atoms with Crippen molar-refractivity contribution in [1.82, 2.24) is 4.90 Å². The summed E-state index contributed by atoms with van der Waals surface area (Å²) >= 11 is 0. The van der Waals surface area contributed by atoms with Crippen molar-refractivity contribution in [3.05, 3.63) is 29.8 Å². The molecule has 0 atom stereocenters. The third kappa shape index (κ3) is 2.61. The molecule has 0 saturated carbocycles. The number of nitrogens with zero attached hydrogens (tertiary/aromatic N) is 1. The number of amides is 1. The van der Waals surface area contributed by atoms with Crippen molar-refractivity contribution in [3.63, 3.8) is 0 Å². The molecule has 1 aliphatic rings. The van der Waals surface area contributed by atoms with Gasteiger partial charge in [0.1, 0.15) is 5.75 Å². The number of aromatic hydroxyl groups is 1. The van der Waals surface area contributed by atoms with E-state index >= 15 is 0 Å². The van der Waals surface area contributed by atoms with Gasteiger partial charge in [0.15, 0.2) is 0 Å². The van der Waals surface area contributed by atoms with E-state index in [1.165, 1.54) is 0 Å². The summed E-state index contributed by atoms with van der Waals surface area (Å²) in [4.78, 5) is 23.9. The first-order valence-corrected chi connectivity index (χ1v) is 5.85. The number of likely N-dealkylation sites (tertiary alicyclic amines) is 1. The van der Waals surface area contributed by atoms with Crippen LogP contribution in [-0.4, -0.2) is 40.1 Å². The van der Waals surface area contributed by atoms with E-state index in [4.69, 9.17) is 5.11 Å². The molecule has 5 heteroatoms. The first-order chi connectivity index (χ1) is 8.58. The molecule has 1 amide bonds. The number of aryl methyl sites for hydroxylation is 1. The number of carboxylic acid groups (broad SMARTS) is 1.